The molecule has 3 rings (SSSR count). The molecule has 3 heteroatoms. The number of carbonyl (C=O) groups is 1. The van der Waals surface area contributed by atoms with E-state index in [1.54, 1.807) is 0 Å². The van der Waals surface area contributed by atoms with Crippen molar-refractivity contribution in [1.82, 2.24) is 10.2 Å². The molecule has 3 nitrogen and oxygen atoms in total. The van der Waals surface area contributed by atoms with Gasteiger partial charge in [-0.1, -0.05) is 37.0 Å². The number of amides is 1. The van der Waals surface area contributed by atoms with Gasteiger partial charge in [-0.2, -0.15) is 0 Å². The summed E-state index contributed by atoms with van der Waals surface area (Å²) in [7, 11) is 0. The molecule has 21 heavy (non-hydrogen) atoms. The molecule has 1 heterocycles. The van der Waals surface area contributed by atoms with E-state index in [0.29, 0.717) is 0 Å². The maximum Gasteiger partial charge on any atom is 0.254 e. The third kappa shape index (κ3) is 2.71. The molecule has 0 radical (unpaired) electrons. The molecule has 1 aliphatic carbocycles. The van der Waals surface area contributed by atoms with E-state index in [-0.39, 0.29) is 11.4 Å². The topological polar surface area (TPSA) is 32.3 Å². The summed E-state index contributed by atoms with van der Waals surface area (Å²) >= 11 is 0. The third-order valence-electron chi connectivity index (χ3n) is 5.18. The van der Waals surface area contributed by atoms with Crippen LogP contribution in [-0.2, 0) is 0 Å². The Morgan fingerprint density at radius 3 is 2.67 bits per heavy atom. The summed E-state index contributed by atoms with van der Waals surface area (Å²) < 4.78 is 0. The Hall–Kier alpha value is -1.35. The highest BCUT2D eigenvalue weighted by Crippen LogP contribution is 2.35. The Bertz CT molecular complexity index is 524. The number of hydrogen-bond acceptors (Lipinski definition) is 2. The van der Waals surface area contributed by atoms with Crippen LogP contribution in [0.15, 0.2) is 18.2 Å². The summed E-state index contributed by atoms with van der Waals surface area (Å²) in [5, 5.41) is 3.51. The molecule has 1 aromatic rings. The molecular weight excluding hydrogens is 260 g/mol. The van der Waals surface area contributed by atoms with Crippen LogP contribution in [0.25, 0.3) is 0 Å². The number of aryl methyl sites for hydroxylation is 2. The number of piperazine rings is 1. The highest BCUT2D eigenvalue weighted by molar-refractivity contribution is 5.96. The average molecular weight is 286 g/mol. The zero-order valence-electron chi connectivity index (χ0n) is 13.2. The fraction of sp³-hybridized carbons (Fsp3) is 0.611. The molecule has 1 aliphatic heterocycles. The molecule has 2 fully saturated rings. The van der Waals surface area contributed by atoms with Gasteiger partial charge in [0.15, 0.2) is 0 Å². The SMILES string of the molecule is Cc1ccc(C(=O)N2CCNCC23CCCCC3)c(C)c1. The van der Waals surface area contributed by atoms with Crippen LogP contribution in [0, 0.1) is 13.8 Å². The lowest BCUT2D eigenvalue weighted by molar-refractivity contribution is 0.0222. The molecule has 0 aromatic heterocycles. The predicted molar refractivity (Wildman–Crippen MR) is 85.6 cm³/mol. The van der Waals surface area contributed by atoms with Crippen molar-refractivity contribution in [3.63, 3.8) is 0 Å². The Balaban J connectivity index is 1.90. The highest BCUT2D eigenvalue weighted by Gasteiger charge is 2.42. The van der Waals surface area contributed by atoms with Crippen LogP contribution in [0.3, 0.4) is 0 Å². The van der Waals surface area contributed by atoms with E-state index in [4.69, 9.17) is 0 Å². The average Bonchev–Trinajstić information content (AvgIpc) is 2.48. The van der Waals surface area contributed by atoms with Crippen molar-refractivity contribution >= 4 is 5.91 Å². The molecule has 1 spiro atoms. The van der Waals surface area contributed by atoms with E-state index in [2.05, 4.69) is 36.2 Å². The van der Waals surface area contributed by atoms with Gasteiger partial charge in [-0.05, 0) is 38.3 Å². The van der Waals surface area contributed by atoms with Crippen molar-refractivity contribution in [2.45, 2.75) is 51.5 Å². The van der Waals surface area contributed by atoms with E-state index in [1.165, 1.54) is 24.8 Å². The summed E-state index contributed by atoms with van der Waals surface area (Å²) in [4.78, 5) is 15.3. The summed E-state index contributed by atoms with van der Waals surface area (Å²) in [6, 6.07) is 6.17. The summed E-state index contributed by atoms with van der Waals surface area (Å²) in [5.74, 6) is 0.232. The van der Waals surface area contributed by atoms with Crippen LogP contribution in [-0.4, -0.2) is 36.0 Å². The second kappa shape index (κ2) is 5.80. The van der Waals surface area contributed by atoms with E-state index in [9.17, 15) is 4.79 Å². The minimum Gasteiger partial charge on any atom is -0.330 e. The van der Waals surface area contributed by atoms with Crippen LogP contribution >= 0.6 is 0 Å². The lowest BCUT2D eigenvalue weighted by Crippen LogP contribution is -2.63. The highest BCUT2D eigenvalue weighted by atomic mass is 16.2. The smallest absolute Gasteiger partial charge is 0.254 e. The molecule has 114 valence electrons. The van der Waals surface area contributed by atoms with Gasteiger partial charge in [-0.25, -0.2) is 0 Å². The molecule has 1 aromatic carbocycles. The number of nitrogens with zero attached hydrogens (tertiary/aromatic N) is 1. The number of hydrogen-bond donors (Lipinski definition) is 1. The quantitative estimate of drug-likeness (QED) is 0.860. The van der Waals surface area contributed by atoms with Gasteiger partial charge in [0.2, 0.25) is 0 Å². The Kier molecular flexibility index (Phi) is 4.03. The van der Waals surface area contributed by atoms with E-state index in [1.807, 2.05) is 6.07 Å². The second-order valence-electron chi connectivity index (χ2n) is 6.74. The third-order valence-corrected chi connectivity index (χ3v) is 5.18. The zero-order chi connectivity index (χ0) is 14.9. The van der Waals surface area contributed by atoms with Crippen molar-refractivity contribution in [2.75, 3.05) is 19.6 Å². The van der Waals surface area contributed by atoms with E-state index >= 15 is 0 Å². The van der Waals surface area contributed by atoms with Gasteiger partial charge in [-0.15, -0.1) is 0 Å². The minimum absolute atomic E-state index is 0.0604. The fourth-order valence-electron chi connectivity index (χ4n) is 4.02. The van der Waals surface area contributed by atoms with Crippen LogP contribution in [0.5, 0.6) is 0 Å². The van der Waals surface area contributed by atoms with E-state index < -0.39 is 0 Å². The first-order valence-electron chi connectivity index (χ1n) is 8.22. The molecule has 0 atom stereocenters. The maximum absolute atomic E-state index is 13.1. The lowest BCUT2D eigenvalue weighted by Gasteiger charge is -2.50. The van der Waals surface area contributed by atoms with Gasteiger partial charge in [-0.3, -0.25) is 4.79 Å². The molecule has 1 saturated carbocycles. The second-order valence-corrected chi connectivity index (χ2v) is 6.74. The monoisotopic (exact) mass is 286 g/mol. The summed E-state index contributed by atoms with van der Waals surface area (Å²) in [5.41, 5.74) is 3.26. The van der Waals surface area contributed by atoms with Crippen LogP contribution in [0.1, 0.15) is 53.6 Å². The first kappa shape index (κ1) is 14.6. The molecule has 1 N–H and O–H groups in total. The lowest BCUT2D eigenvalue weighted by atomic mass is 9.78. The number of rotatable bonds is 1. The van der Waals surface area contributed by atoms with Gasteiger partial charge < -0.3 is 10.2 Å². The molecule has 1 saturated heterocycles. The van der Waals surface area contributed by atoms with Crippen molar-refractivity contribution in [3.8, 4) is 0 Å². The molecule has 2 aliphatic rings. The van der Waals surface area contributed by atoms with Gasteiger partial charge in [0, 0.05) is 25.2 Å². The van der Waals surface area contributed by atoms with Crippen LogP contribution < -0.4 is 5.32 Å². The first-order chi connectivity index (χ1) is 10.1. The van der Waals surface area contributed by atoms with Gasteiger partial charge in [0.1, 0.15) is 0 Å². The standard InChI is InChI=1S/C18H26N2O/c1-14-6-7-16(15(2)12-14)17(21)20-11-10-19-13-18(20)8-4-3-5-9-18/h6-7,12,19H,3-5,8-11,13H2,1-2H3. The van der Waals surface area contributed by atoms with Crippen molar-refractivity contribution < 1.29 is 4.79 Å². The van der Waals surface area contributed by atoms with Crippen LogP contribution in [0.2, 0.25) is 0 Å². The fourth-order valence-corrected chi connectivity index (χ4v) is 4.02. The largest absolute Gasteiger partial charge is 0.330 e. The Morgan fingerprint density at radius 1 is 1.19 bits per heavy atom. The van der Waals surface area contributed by atoms with Crippen molar-refractivity contribution in [2.24, 2.45) is 0 Å². The van der Waals surface area contributed by atoms with Crippen LogP contribution in [0.4, 0.5) is 0 Å². The minimum atomic E-state index is 0.0604. The van der Waals surface area contributed by atoms with Gasteiger partial charge in [0.25, 0.3) is 5.91 Å². The van der Waals surface area contributed by atoms with E-state index in [0.717, 1.165) is 43.6 Å². The summed E-state index contributed by atoms with van der Waals surface area (Å²) in [6.45, 7) is 6.85. The Labute approximate surface area is 127 Å². The first-order valence-corrected chi connectivity index (χ1v) is 8.22. The number of carbonyl (C=O) groups excluding carboxylic acids is 1. The normalized spacial score (nSPS) is 21.5. The molecule has 1 amide bonds. The maximum atomic E-state index is 13.1. The molecule has 0 unspecified atom stereocenters. The van der Waals surface area contributed by atoms with Crippen molar-refractivity contribution in [3.05, 3.63) is 34.9 Å². The zero-order valence-corrected chi connectivity index (χ0v) is 13.2. The van der Waals surface area contributed by atoms with Gasteiger partial charge >= 0.3 is 0 Å². The van der Waals surface area contributed by atoms with Gasteiger partial charge in [0.05, 0.1) is 5.54 Å². The summed E-state index contributed by atoms with van der Waals surface area (Å²) in [6.07, 6.45) is 6.11. The number of benzene rings is 1. The van der Waals surface area contributed by atoms with Crippen molar-refractivity contribution in [1.29, 1.82) is 0 Å². The molecule has 0 bridgehead atoms. The Morgan fingerprint density at radius 2 is 1.95 bits per heavy atom. The number of nitrogens with one attached hydrogen (secondary N) is 1. The molecular formula is C18H26N2O. The predicted octanol–water partition coefficient (Wildman–Crippen LogP) is 3.05.